The van der Waals surface area contributed by atoms with E-state index in [1.807, 2.05) is 50.2 Å². The third kappa shape index (κ3) is 4.94. The summed E-state index contributed by atoms with van der Waals surface area (Å²) >= 11 is 5.21. The van der Waals surface area contributed by atoms with Crippen LogP contribution in [0.3, 0.4) is 0 Å². The number of rotatable bonds is 8. The van der Waals surface area contributed by atoms with E-state index in [1.54, 1.807) is 4.57 Å². The zero-order valence-electron chi connectivity index (χ0n) is 17.3. The molecule has 0 spiro atoms. The Morgan fingerprint density at radius 3 is 2.20 bits per heavy atom. The van der Waals surface area contributed by atoms with E-state index < -0.39 is 5.56 Å². The number of hydrogen-bond acceptors (Lipinski definition) is 4. The minimum absolute atomic E-state index is 0.0259. The van der Waals surface area contributed by atoms with E-state index in [0.29, 0.717) is 6.54 Å². The molecule has 156 valence electrons. The van der Waals surface area contributed by atoms with Gasteiger partial charge in [0.25, 0.3) is 5.56 Å². The highest BCUT2D eigenvalue weighted by molar-refractivity contribution is 7.71. The molecule has 0 aliphatic heterocycles. The predicted molar refractivity (Wildman–Crippen MR) is 124 cm³/mol. The molecule has 30 heavy (non-hydrogen) atoms. The van der Waals surface area contributed by atoms with E-state index in [0.717, 1.165) is 12.8 Å². The van der Waals surface area contributed by atoms with Gasteiger partial charge in [-0.2, -0.15) is 0 Å². The van der Waals surface area contributed by atoms with Crippen LogP contribution in [0.4, 0.5) is 0 Å². The number of H-pyrrole nitrogens is 1. The number of benzene rings is 2. The van der Waals surface area contributed by atoms with E-state index in [9.17, 15) is 9.90 Å². The summed E-state index contributed by atoms with van der Waals surface area (Å²) in [6.45, 7) is 4.46. The SMILES string of the molecule is CC[C@H](C)n1c(O)c(C=NCCC(c2ccccc2)c2ccccc2)c(=O)[nH]c1=S. The summed E-state index contributed by atoms with van der Waals surface area (Å²) in [4.78, 5) is 19.4. The van der Waals surface area contributed by atoms with Gasteiger partial charge in [0.05, 0.1) is 0 Å². The van der Waals surface area contributed by atoms with Crippen molar-refractivity contribution in [3.8, 4) is 5.88 Å². The van der Waals surface area contributed by atoms with Crippen LogP contribution in [0.5, 0.6) is 5.88 Å². The van der Waals surface area contributed by atoms with Crippen LogP contribution in [0, 0.1) is 4.77 Å². The van der Waals surface area contributed by atoms with Crippen molar-refractivity contribution in [1.82, 2.24) is 9.55 Å². The van der Waals surface area contributed by atoms with E-state index in [2.05, 4.69) is 34.2 Å². The van der Waals surface area contributed by atoms with Crippen LogP contribution in [0.25, 0.3) is 0 Å². The Labute approximate surface area is 181 Å². The van der Waals surface area contributed by atoms with Crippen molar-refractivity contribution in [3.63, 3.8) is 0 Å². The summed E-state index contributed by atoms with van der Waals surface area (Å²) in [5.74, 6) is 0.0704. The Bertz CT molecular complexity index is 1070. The van der Waals surface area contributed by atoms with Gasteiger partial charge < -0.3 is 5.11 Å². The minimum atomic E-state index is -0.427. The van der Waals surface area contributed by atoms with E-state index >= 15 is 0 Å². The second-order valence-corrected chi connectivity index (χ2v) is 7.71. The van der Waals surface area contributed by atoms with Crippen molar-refractivity contribution in [2.45, 2.75) is 38.6 Å². The fourth-order valence-corrected chi connectivity index (χ4v) is 3.88. The second-order valence-electron chi connectivity index (χ2n) is 7.32. The van der Waals surface area contributed by atoms with Crippen LogP contribution in [-0.2, 0) is 0 Å². The summed E-state index contributed by atoms with van der Waals surface area (Å²) in [5.41, 5.74) is 2.16. The maximum atomic E-state index is 12.3. The molecule has 2 N–H and O–H groups in total. The molecular formula is C24H27N3O2S. The van der Waals surface area contributed by atoms with Gasteiger partial charge in [0.2, 0.25) is 5.88 Å². The average molecular weight is 422 g/mol. The van der Waals surface area contributed by atoms with Gasteiger partial charge in [-0.15, -0.1) is 0 Å². The standard InChI is InChI=1S/C24H27N3O2S/c1-3-17(2)27-23(29)21(22(28)26-24(27)30)16-25-15-14-20(18-10-6-4-7-11-18)19-12-8-5-9-13-19/h4-13,16-17,20,29H,3,14-15H2,1-2H3,(H,26,28,30)/t17-/m0/s1. The van der Waals surface area contributed by atoms with Crippen molar-refractivity contribution < 1.29 is 5.11 Å². The molecule has 1 heterocycles. The molecule has 3 rings (SSSR count). The summed E-state index contributed by atoms with van der Waals surface area (Å²) in [5, 5.41) is 10.6. The molecule has 0 aliphatic rings. The second kappa shape index (κ2) is 10.2. The van der Waals surface area contributed by atoms with Crippen molar-refractivity contribution in [1.29, 1.82) is 0 Å². The van der Waals surface area contributed by atoms with Gasteiger partial charge in [0, 0.05) is 24.7 Å². The Morgan fingerprint density at radius 1 is 1.10 bits per heavy atom. The molecule has 0 unspecified atom stereocenters. The molecule has 0 radical (unpaired) electrons. The Hall–Kier alpha value is -2.99. The zero-order chi connectivity index (χ0) is 21.5. The number of hydrogen-bond donors (Lipinski definition) is 2. The first-order chi connectivity index (χ1) is 14.5. The molecule has 6 heteroatoms. The monoisotopic (exact) mass is 421 g/mol. The van der Waals surface area contributed by atoms with E-state index in [1.165, 1.54) is 17.3 Å². The third-order valence-electron chi connectivity index (χ3n) is 5.36. The first kappa shape index (κ1) is 21.7. The van der Waals surface area contributed by atoms with Gasteiger partial charge in [-0.25, -0.2) is 0 Å². The molecule has 2 aromatic carbocycles. The highest BCUT2D eigenvalue weighted by Crippen LogP contribution is 2.28. The van der Waals surface area contributed by atoms with E-state index in [4.69, 9.17) is 12.2 Å². The molecule has 0 amide bonds. The molecule has 5 nitrogen and oxygen atoms in total. The molecule has 1 aromatic heterocycles. The van der Waals surface area contributed by atoms with Crippen LogP contribution >= 0.6 is 12.2 Å². The molecule has 0 saturated heterocycles. The Kier molecular flexibility index (Phi) is 7.36. The lowest BCUT2D eigenvalue weighted by molar-refractivity contribution is 0.371. The predicted octanol–water partition coefficient (Wildman–Crippen LogP) is 5.22. The zero-order valence-corrected chi connectivity index (χ0v) is 18.1. The Morgan fingerprint density at radius 2 is 1.67 bits per heavy atom. The van der Waals surface area contributed by atoms with E-state index in [-0.39, 0.29) is 28.2 Å². The summed E-state index contributed by atoms with van der Waals surface area (Å²) in [7, 11) is 0. The number of nitrogens with one attached hydrogen (secondary N) is 1. The van der Waals surface area contributed by atoms with Gasteiger partial charge in [0.1, 0.15) is 5.56 Å². The van der Waals surface area contributed by atoms with Crippen molar-refractivity contribution in [2.24, 2.45) is 4.99 Å². The number of aromatic nitrogens is 2. The van der Waals surface area contributed by atoms with Crippen LogP contribution < -0.4 is 5.56 Å². The lowest BCUT2D eigenvalue weighted by atomic mass is 9.89. The van der Waals surface area contributed by atoms with Gasteiger partial charge >= 0.3 is 0 Å². The van der Waals surface area contributed by atoms with Gasteiger partial charge in [-0.05, 0) is 43.1 Å². The molecular weight excluding hydrogens is 394 g/mol. The molecule has 0 aliphatic carbocycles. The van der Waals surface area contributed by atoms with Crippen LogP contribution in [0.1, 0.15) is 55.3 Å². The Balaban J connectivity index is 1.82. The molecule has 0 saturated carbocycles. The lowest BCUT2D eigenvalue weighted by Gasteiger charge is -2.17. The molecule has 1 atom stereocenters. The van der Waals surface area contributed by atoms with Crippen molar-refractivity contribution >= 4 is 18.4 Å². The van der Waals surface area contributed by atoms with Crippen LogP contribution in [0.15, 0.2) is 70.5 Å². The summed E-state index contributed by atoms with van der Waals surface area (Å²) in [6, 6.07) is 20.6. The maximum absolute atomic E-state index is 12.3. The number of aliphatic imine (C=N–C) groups is 1. The third-order valence-corrected chi connectivity index (χ3v) is 5.65. The quantitative estimate of drug-likeness (QED) is 0.387. The topological polar surface area (TPSA) is 70.4 Å². The number of nitrogens with zero attached hydrogens (tertiary/aromatic N) is 2. The molecule has 0 bridgehead atoms. The molecule has 3 aromatic rings. The lowest BCUT2D eigenvalue weighted by Crippen LogP contribution is -2.20. The molecule has 0 fully saturated rings. The maximum Gasteiger partial charge on any atom is 0.264 e. The fourth-order valence-electron chi connectivity index (χ4n) is 3.52. The number of aromatic hydroxyl groups is 1. The fraction of sp³-hybridized carbons (Fsp3) is 0.292. The number of aromatic amines is 1. The summed E-state index contributed by atoms with van der Waals surface area (Å²) in [6.07, 6.45) is 3.02. The average Bonchev–Trinajstić information content (AvgIpc) is 2.76. The normalized spacial score (nSPS) is 12.5. The summed E-state index contributed by atoms with van der Waals surface area (Å²) < 4.78 is 1.78. The van der Waals surface area contributed by atoms with Crippen LogP contribution in [-0.4, -0.2) is 27.4 Å². The first-order valence-corrected chi connectivity index (χ1v) is 10.6. The van der Waals surface area contributed by atoms with Crippen molar-refractivity contribution in [3.05, 3.63) is 92.5 Å². The highest BCUT2D eigenvalue weighted by atomic mass is 32.1. The van der Waals surface area contributed by atoms with Crippen LogP contribution in [0.2, 0.25) is 0 Å². The van der Waals surface area contributed by atoms with Crippen molar-refractivity contribution in [2.75, 3.05) is 6.54 Å². The minimum Gasteiger partial charge on any atom is -0.494 e. The van der Waals surface area contributed by atoms with Gasteiger partial charge in [-0.1, -0.05) is 67.6 Å². The smallest absolute Gasteiger partial charge is 0.264 e. The van der Waals surface area contributed by atoms with Gasteiger partial charge in [0.15, 0.2) is 4.77 Å². The first-order valence-electron chi connectivity index (χ1n) is 10.2. The highest BCUT2D eigenvalue weighted by Gasteiger charge is 2.15. The largest absolute Gasteiger partial charge is 0.494 e. The van der Waals surface area contributed by atoms with Gasteiger partial charge in [-0.3, -0.25) is 19.3 Å².